The van der Waals surface area contributed by atoms with E-state index in [1.165, 1.54) is 0 Å². The molecule has 2 aliphatic rings. The van der Waals surface area contributed by atoms with E-state index in [2.05, 4.69) is 15.4 Å². The Hall–Kier alpha value is -1.96. The second-order valence-corrected chi connectivity index (χ2v) is 7.26. The molecule has 7 heteroatoms. The van der Waals surface area contributed by atoms with E-state index in [0.717, 1.165) is 44.0 Å². The molecule has 2 aromatic rings. The number of hydrogen-bond donors (Lipinski definition) is 1. The van der Waals surface area contributed by atoms with Crippen LogP contribution in [0.4, 0.5) is 0 Å². The van der Waals surface area contributed by atoms with Gasteiger partial charge in [-0.25, -0.2) is 0 Å². The zero-order chi connectivity index (χ0) is 17.9. The molecule has 1 unspecified atom stereocenters. The second-order valence-electron chi connectivity index (χ2n) is 7.26. The average Bonchev–Trinajstić information content (AvgIpc) is 3.31. The summed E-state index contributed by atoms with van der Waals surface area (Å²) in [5.74, 6) is 2.75. The van der Waals surface area contributed by atoms with E-state index in [4.69, 9.17) is 19.0 Å². The Morgan fingerprint density at radius 3 is 3.04 bits per heavy atom. The van der Waals surface area contributed by atoms with Gasteiger partial charge >= 0.3 is 0 Å². The van der Waals surface area contributed by atoms with Crippen LogP contribution in [0.15, 0.2) is 28.8 Å². The summed E-state index contributed by atoms with van der Waals surface area (Å²) in [7, 11) is 4.06. The van der Waals surface area contributed by atoms with Crippen molar-refractivity contribution in [3.05, 3.63) is 30.2 Å². The fourth-order valence-electron chi connectivity index (χ4n) is 3.73. The lowest BCUT2D eigenvalue weighted by molar-refractivity contribution is 0.175. The van der Waals surface area contributed by atoms with Gasteiger partial charge < -0.3 is 24.2 Å². The number of hydrogen-bond acceptors (Lipinski definition) is 7. The first-order valence-electron chi connectivity index (χ1n) is 9.24. The molecule has 0 bridgehead atoms. The average molecular weight is 358 g/mol. The Labute approximate surface area is 153 Å². The van der Waals surface area contributed by atoms with E-state index in [1.54, 1.807) is 0 Å². The van der Waals surface area contributed by atoms with E-state index in [9.17, 15) is 0 Å². The minimum absolute atomic E-state index is 0.256. The summed E-state index contributed by atoms with van der Waals surface area (Å²) in [4.78, 5) is 6.81. The van der Waals surface area contributed by atoms with E-state index < -0.39 is 0 Å². The summed E-state index contributed by atoms with van der Waals surface area (Å²) in [6.07, 6.45) is 0.993. The predicted octanol–water partition coefficient (Wildman–Crippen LogP) is 1.77. The van der Waals surface area contributed by atoms with E-state index in [0.29, 0.717) is 30.3 Å². The third-order valence-corrected chi connectivity index (χ3v) is 5.19. The normalized spacial score (nSPS) is 25.4. The predicted molar refractivity (Wildman–Crippen MR) is 97.2 cm³/mol. The minimum Gasteiger partial charge on any atom is -0.491 e. The first kappa shape index (κ1) is 17.5. The van der Waals surface area contributed by atoms with Gasteiger partial charge in [-0.2, -0.15) is 4.98 Å². The van der Waals surface area contributed by atoms with Crippen LogP contribution < -0.4 is 10.1 Å². The number of fused-ring (bicyclic) bond motifs is 1. The number of piperidine rings is 1. The highest BCUT2D eigenvalue weighted by Crippen LogP contribution is 2.37. The third kappa shape index (κ3) is 3.60. The molecular formula is C19H26N4O3. The lowest BCUT2D eigenvalue weighted by Crippen LogP contribution is -2.44. The zero-order valence-electron chi connectivity index (χ0n) is 15.4. The molecule has 0 saturated carbocycles. The van der Waals surface area contributed by atoms with E-state index in [-0.39, 0.29) is 5.92 Å². The molecule has 2 saturated heterocycles. The Morgan fingerprint density at radius 1 is 1.27 bits per heavy atom. The van der Waals surface area contributed by atoms with Crippen molar-refractivity contribution in [3.8, 4) is 17.1 Å². The molecule has 3 heterocycles. The molecule has 0 amide bonds. The molecule has 7 nitrogen and oxygen atoms in total. The number of nitrogens with zero attached hydrogens (tertiary/aromatic N) is 3. The number of para-hydroxylation sites is 1. The number of rotatable bonds is 6. The minimum atomic E-state index is 0.256. The van der Waals surface area contributed by atoms with Gasteiger partial charge in [-0.05, 0) is 39.2 Å². The highest BCUT2D eigenvalue weighted by Gasteiger charge is 2.40. The van der Waals surface area contributed by atoms with Crippen molar-refractivity contribution < 1.29 is 14.0 Å². The first-order valence-corrected chi connectivity index (χ1v) is 9.24. The summed E-state index contributed by atoms with van der Waals surface area (Å²) < 4.78 is 17.2. The molecule has 0 spiro atoms. The quantitative estimate of drug-likeness (QED) is 0.844. The highest BCUT2D eigenvalue weighted by atomic mass is 16.5. The van der Waals surface area contributed by atoms with Crippen molar-refractivity contribution in [1.29, 1.82) is 0 Å². The smallest absolute Gasteiger partial charge is 0.230 e. The van der Waals surface area contributed by atoms with Crippen LogP contribution in [0.2, 0.25) is 0 Å². The maximum absolute atomic E-state index is 5.93. The Bertz CT molecular complexity index is 733. The van der Waals surface area contributed by atoms with Gasteiger partial charge in [-0.1, -0.05) is 17.3 Å². The number of likely N-dealkylation sites (N-methyl/N-ethyl adjacent to an activating group) is 1. The highest BCUT2D eigenvalue weighted by molar-refractivity contribution is 5.63. The van der Waals surface area contributed by atoms with Crippen LogP contribution in [-0.2, 0) is 4.74 Å². The molecule has 26 heavy (non-hydrogen) atoms. The summed E-state index contributed by atoms with van der Waals surface area (Å²) in [6.45, 7) is 3.94. The Balaban J connectivity index is 1.53. The van der Waals surface area contributed by atoms with Crippen LogP contribution >= 0.6 is 0 Å². The van der Waals surface area contributed by atoms with Gasteiger partial charge in [0, 0.05) is 24.4 Å². The standard InChI is InChI=1S/C19H26N4O3/c1-23(2)9-10-25-17-6-4-3-5-14(17)18-21-19(26-22-18)13-7-8-20-16-12-24-11-15(13)16/h3-6,13,15-16,20H,7-12H2,1-2H3/t13?,15-,16+/m0/s1. The molecule has 2 aliphatic heterocycles. The number of ether oxygens (including phenoxy) is 2. The Kier molecular flexibility index (Phi) is 5.19. The van der Waals surface area contributed by atoms with Crippen LogP contribution in [0.25, 0.3) is 11.4 Å². The SMILES string of the molecule is CN(C)CCOc1ccccc1-c1noc(C2CCN[C@@H]3COC[C@@H]23)n1. The molecule has 1 N–H and O–H groups in total. The van der Waals surface area contributed by atoms with Crippen molar-refractivity contribution in [2.45, 2.75) is 18.4 Å². The Morgan fingerprint density at radius 2 is 2.15 bits per heavy atom. The van der Waals surface area contributed by atoms with Crippen LogP contribution in [0.3, 0.4) is 0 Å². The molecule has 140 valence electrons. The lowest BCUT2D eigenvalue weighted by atomic mass is 9.82. The van der Waals surface area contributed by atoms with Gasteiger partial charge in [0.15, 0.2) is 0 Å². The largest absolute Gasteiger partial charge is 0.491 e. The van der Waals surface area contributed by atoms with Crippen LogP contribution in [0, 0.1) is 5.92 Å². The summed E-state index contributed by atoms with van der Waals surface area (Å²) in [5, 5.41) is 7.76. The van der Waals surface area contributed by atoms with Crippen molar-refractivity contribution in [3.63, 3.8) is 0 Å². The molecule has 0 radical (unpaired) electrons. The van der Waals surface area contributed by atoms with Crippen LogP contribution in [0.5, 0.6) is 5.75 Å². The first-order chi connectivity index (χ1) is 12.7. The van der Waals surface area contributed by atoms with Gasteiger partial charge in [0.1, 0.15) is 12.4 Å². The van der Waals surface area contributed by atoms with Gasteiger partial charge in [0.2, 0.25) is 11.7 Å². The van der Waals surface area contributed by atoms with E-state index >= 15 is 0 Å². The topological polar surface area (TPSA) is 72.7 Å². The van der Waals surface area contributed by atoms with Crippen LogP contribution in [-0.4, -0.2) is 68.1 Å². The molecule has 0 aliphatic carbocycles. The maximum atomic E-state index is 5.93. The molecule has 4 rings (SSSR count). The summed E-state index contributed by atoms with van der Waals surface area (Å²) >= 11 is 0. The zero-order valence-corrected chi connectivity index (χ0v) is 15.4. The van der Waals surface area contributed by atoms with Gasteiger partial charge in [-0.15, -0.1) is 0 Å². The summed E-state index contributed by atoms with van der Waals surface area (Å²) in [5.41, 5.74) is 0.870. The van der Waals surface area contributed by atoms with Crippen molar-refractivity contribution in [2.24, 2.45) is 5.92 Å². The molecule has 2 fully saturated rings. The summed E-state index contributed by atoms with van der Waals surface area (Å²) in [6, 6.07) is 8.25. The third-order valence-electron chi connectivity index (χ3n) is 5.19. The monoisotopic (exact) mass is 358 g/mol. The van der Waals surface area contributed by atoms with Crippen molar-refractivity contribution in [1.82, 2.24) is 20.4 Å². The number of nitrogens with one attached hydrogen (secondary N) is 1. The lowest BCUT2D eigenvalue weighted by Gasteiger charge is -2.30. The molecule has 1 aromatic carbocycles. The van der Waals surface area contributed by atoms with Gasteiger partial charge in [0.05, 0.1) is 18.8 Å². The van der Waals surface area contributed by atoms with Gasteiger partial charge in [-0.3, -0.25) is 0 Å². The van der Waals surface area contributed by atoms with Crippen molar-refractivity contribution >= 4 is 0 Å². The molecule has 1 aromatic heterocycles. The molecular weight excluding hydrogens is 332 g/mol. The fraction of sp³-hybridized carbons (Fsp3) is 0.579. The maximum Gasteiger partial charge on any atom is 0.230 e. The van der Waals surface area contributed by atoms with Crippen LogP contribution in [0.1, 0.15) is 18.2 Å². The molecule has 3 atom stereocenters. The second kappa shape index (κ2) is 7.73. The van der Waals surface area contributed by atoms with E-state index in [1.807, 2.05) is 38.4 Å². The number of aromatic nitrogens is 2. The fourth-order valence-corrected chi connectivity index (χ4v) is 3.73. The number of benzene rings is 1. The van der Waals surface area contributed by atoms with Crippen molar-refractivity contribution in [2.75, 3.05) is 47.0 Å². The van der Waals surface area contributed by atoms with Gasteiger partial charge in [0.25, 0.3) is 0 Å².